The fourth-order valence-corrected chi connectivity index (χ4v) is 3.17. The van der Waals surface area contributed by atoms with Gasteiger partial charge in [-0.25, -0.2) is 0 Å². The lowest BCUT2D eigenvalue weighted by Crippen LogP contribution is -2.43. The molecule has 1 aromatic rings. The molecular formula is C15H23N3O4S. The second-order valence-electron chi connectivity index (χ2n) is 5.80. The number of rotatable bonds is 7. The van der Waals surface area contributed by atoms with Crippen LogP contribution < -0.4 is 5.73 Å². The summed E-state index contributed by atoms with van der Waals surface area (Å²) in [6, 6.07) is 10.0. The normalized spacial score (nSPS) is 24.2. The summed E-state index contributed by atoms with van der Waals surface area (Å²) in [5.41, 5.74) is 7.16. The molecule has 1 aliphatic rings. The fourth-order valence-electron chi connectivity index (χ4n) is 2.73. The van der Waals surface area contributed by atoms with E-state index >= 15 is 0 Å². The molecule has 23 heavy (non-hydrogen) atoms. The zero-order valence-corrected chi connectivity index (χ0v) is 14.3. The van der Waals surface area contributed by atoms with Crippen molar-refractivity contribution in [1.82, 2.24) is 4.90 Å². The number of benzene rings is 1. The number of hydrogen-bond acceptors (Lipinski definition) is 7. The van der Waals surface area contributed by atoms with Crippen molar-refractivity contribution in [3.63, 3.8) is 0 Å². The average Bonchev–Trinajstić information content (AvgIpc) is 2.84. The smallest absolute Gasteiger partial charge is 0.264 e. The van der Waals surface area contributed by atoms with Gasteiger partial charge < -0.3 is 10.6 Å². The minimum Gasteiger partial charge on any atom is -0.399 e. The summed E-state index contributed by atoms with van der Waals surface area (Å²) in [5, 5.41) is 4.06. The second kappa shape index (κ2) is 7.39. The zero-order valence-electron chi connectivity index (χ0n) is 13.4. The van der Waals surface area contributed by atoms with Crippen LogP contribution >= 0.6 is 0 Å². The van der Waals surface area contributed by atoms with Crippen molar-refractivity contribution in [1.29, 1.82) is 0 Å². The lowest BCUT2D eigenvalue weighted by Gasteiger charge is -2.27. The summed E-state index contributed by atoms with van der Waals surface area (Å²) in [4.78, 5) is 7.07. The SMILES string of the molecule is CON=C1CN(Cc2ccccc2)CC1(CN)COS(C)(=O)=O. The Morgan fingerprint density at radius 2 is 2.04 bits per heavy atom. The highest BCUT2D eigenvalue weighted by Gasteiger charge is 2.44. The van der Waals surface area contributed by atoms with Gasteiger partial charge in [0.15, 0.2) is 0 Å². The van der Waals surface area contributed by atoms with Crippen LogP contribution in [0.15, 0.2) is 35.5 Å². The van der Waals surface area contributed by atoms with Gasteiger partial charge in [-0.2, -0.15) is 8.42 Å². The third-order valence-electron chi connectivity index (χ3n) is 3.90. The van der Waals surface area contributed by atoms with Crippen molar-refractivity contribution in [2.24, 2.45) is 16.3 Å². The summed E-state index contributed by atoms with van der Waals surface area (Å²) in [6.07, 6.45) is 1.03. The number of likely N-dealkylation sites (tertiary alicyclic amines) is 1. The van der Waals surface area contributed by atoms with E-state index in [2.05, 4.69) is 10.1 Å². The number of nitrogens with two attached hydrogens (primary N) is 1. The second-order valence-corrected chi connectivity index (χ2v) is 7.45. The van der Waals surface area contributed by atoms with Crippen molar-refractivity contribution in [2.75, 3.05) is 39.6 Å². The highest BCUT2D eigenvalue weighted by Crippen LogP contribution is 2.29. The molecule has 1 atom stereocenters. The molecule has 1 fully saturated rings. The third-order valence-corrected chi connectivity index (χ3v) is 4.45. The summed E-state index contributed by atoms with van der Waals surface area (Å²) >= 11 is 0. The fraction of sp³-hybridized carbons (Fsp3) is 0.533. The quantitative estimate of drug-likeness (QED) is 0.571. The zero-order chi connectivity index (χ0) is 16.9. The lowest BCUT2D eigenvalue weighted by molar-refractivity contribution is 0.177. The standard InChI is InChI=1S/C15H23N3O4S/c1-21-17-14-9-18(8-13-6-4-3-5-7-13)11-15(14,10-16)12-22-23(2,19)20/h3-7H,8-12,16H2,1-2H3. The first kappa shape index (κ1) is 17.9. The van der Waals surface area contributed by atoms with Crippen molar-refractivity contribution >= 4 is 15.8 Å². The number of oxime groups is 1. The molecule has 2 N–H and O–H groups in total. The molecule has 0 radical (unpaired) electrons. The Balaban J connectivity index is 2.17. The molecule has 0 saturated carbocycles. The van der Waals surface area contributed by atoms with E-state index in [9.17, 15) is 8.42 Å². The average molecular weight is 341 g/mol. The Labute approximate surface area is 137 Å². The van der Waals surface area contributed by atoms with E-state index in [1.165, 1.54) is 12.7 Å². The molecule has 1 aliphatic heterocycles. The monoisotopic (exact) mass is 341 g/mol. The van der Waals surface area contributed by atoms with Gasteiger partial charge in [-0.1, -0.05) is 35.5 Å². The Morgan fingerprint density at radius 3 is 2.61 bits per heavy atom. The summed E-state index contributed by atoms with van der Waals surface area (Å²) in [6.45, 7) is 2.05. The van der Waals surface area contributed by atoms with E-state index < -0.39 is 15.5 Å². The summed E-state index contributed by atoms with van der Waals surface area (Å²) < 4.78 is 27.7. The van der Waals surface area contributed by atoms with E-state index in [0.29, 0.717) is 18.8 Å². The maximum Gasteiger partial charge on any atom is 0.264 e. The Hall–Kier alpha value is -1.48. The molecule has 0 spiro atoms. The Kier molecular flexibility index (Phi) is 5.74. The van der Waals surface area contributed by atoms with Crippen LogP contribution in [0.1, 0.15) is 5.56 Å². The molecule has 1 saturated heterocycles. The van der Waals surface area contributed by atoms with Crippen molar-refractivity contribution in [2.45, 2.75) is 6.54 Å². The van der Waals surface area contributed by atoms with Gasteiger partial charge in [0.25, 0.3) is 10.1 Å². The maximum atomic E-state index is 11.3. The molecule has 8 heteroatoms. The predicted molar refractivity (Wildman–Crippen MR) is 88.4 cm³/mol. The molecule has 128 valence electrons. The largest absolute Gasteiger partial charge is 0.399 e. The molecule has 7 nitrogen and oxygen atoms in total. The van der Waals surface area contributed by atoms with Gasteiger partial charge in [0.05, 0.1) is 24.0 Å². The molecule has 2 rings (SSSR count). The van der Waals surface area contributed by atoms with Crippen molar-refractivity contribution in [3.05, 3.63) is 35.9 Å². The molecular weight excluding hydrogens is 318 g/mol. The minimum absolute atomic E-state index is 0.0319. The van der Waals surface area contributed by atoms with Crippen LogP contribution in [0.3, 0.4) is 0 Å². The molecule has 1 heterocycles. The third kappa shape index (κ3) is 4.74. The van der Waals surface area contributed by atoms with Gasteiger partial charge in [0.2, 0.25) is 0 Å². The van der Waals surface area contributed by atoms with E-state index in [-0.39, 0.29) is 13.2 Å². The Bertz CT molecular complexity index is 648. The topological polar surface area (TPSA) is 94.2 Å². The lowest BCUT2D eigenvalue weighted by atomic mass is 9.86. The first-order valence-electron chi connectivity index (χ1n) is 7.30. The van der Waals surface area contributed by atoms with Gasteiger partial charge in [-0.15, -0.1) is 0 Å². The molecule has 0 aliphatic carbocycles. The van der Waals surface area contributed by atoms with Crippen LogP contribution in [0, 0.1) is 5.41 Å². The highest BCUT2D eigenvalue weighted by molar-refractivity contribution is 7.85. The molecule has 0 bridgehead atoms. The van der Waals surface area contributed by atoms with Gasteiger partial charge in [-0.3, -0.25) is 9.08 Å². The highest BCUT2D eigenvalue weighted by atomic mass is 32.2. The van der Waals surface area contributed by atoms with Crippen LogP contribution in [0.5, 0.6) is 0 Å². The van der Waals surface area contributed by atoms with E-state index in [4.69, 9.17) is 14.8 Å². The van der Waals surface area contributed by atoms with Gasteiger partial charge >= 0.3 is 0 Å². The van der Waals surface area contributed by atoms with Gasteiger partial charge in [0.1, 0.15) is 7.11 Å². The molecule has 1 aromatic carbocycles. The van der Waals surface area contributed by atoms with Crippen LogP contribution in [0.2, 0.25) is 0 Å². The number of nitrogens with zero attached hydrogens (tertiary/aromatic N) is 2. The van der Waals surface area contributed by atoms with E-state index in [1.807, 2.05) is 30.3 Å². The molecule has 0 aromatic heterocycles. The van der Waals surface area contributed by atoms with Crippen LogP contribution in [-0.2, 0) is 25.7 Å². The number of hydrogen-bond donors (Lipinski definition) is 1. The molecule has 0 amide bonds. The minimum atomic E-state index is -3.54. The molecule has 1 unspecified atom stereocenters. The van der Waals surface area contributed by atoms with Crippen molar-refractivity contribution in [3.8, 4) is 0 Å². The van der Waals surface area contributed by atoms with Crippen molar-refractivity contribution < 1.29 is 17.4 Å². The first-order valence-corrected chi connectivity index (χ1v) is 9.11. The van der Waals surface area contributed by atoms with Gasteiger partial charge in [-0.05, 0) is 5.56 Å². The van der Waals surface area contributed by atoms with E-state index in [1.54, 1.807) is 0 Å². The van der Waals surface area contributed by atoms with Crippen LogP contribution in [-0.4, -0.2) is 58.6 Å². The van der Waals surface area contributed by atoms with Gasteiger partial charge in [0, 0.05) is 26.2 Å². The summed E-state index contributed by atoms with van der Waals surface area (Å²) in [5.74, 6) is 0. The van der Waals surface area contributed by atoms with Crippen LogP contribution in [0.4, 0.5) is 0 Å². The predicted octanol–water partition coefficient (Wildman–Crippen LogP) is 0.426. The van der Waals surface area contributed by atoms with Crippen LogP contribution in [0.25, 0.3) is 0 Å². The first-order chi connectivity index (χ1) is 10.9. The Morgan fingerprint density at radius 1 is 1.35 bits per heavy atom. The maximum absolute atomic E-state index is 11.3. The summed E-state index contributed by atoms with van der Waals surface area (Å²) in [7, 11) is -2.08. The van der Waals surface area contributed by atoms with E-state index in [0.717, 1.165) is 12.8 Å².